The Bertz CT molecular complexity index is 707. The molecule has 1 atom stereocenters. The summed E-state index contributed by atoms with van der Waals surface area (Å²) in [5.41, 5.74) is 7.09. The summed E-state index contributed by atoms with van der Waals surface area (Å²) in [6.07, 6.45) is 4.89. The number of anilines is 1. The first-order valence-electron chi connectivity index (χ1n) is 7.94. The van der Waals surface area contributed by atoms with E-state index in [4.69, 9.17) is 5.73 Å². The predicted molar refractivity (Wildman–Crippen MR) is 94.8 cm³/mol. The number of nitrogens with one attached hydrogen (secondary N) is 3. The van der Waals surface area contributed by atoms with Gasteiger partial charge in [0, 0.05) is 25.5 Å². The highest BCUT2D eigenvalue weighted by Crippen LogP contribution is 2.20. The van der Waals surface area contributed by atoms with Crippen LogP contribution in [0.3, 0.4) is 0 Å². The lowest BCUT2D eigenvalue weighted by Gasteiger charge is -2.19. The third-order valence-electron chi connectivity index (χ3n) is 3.59. The predicted octanol–water partition coefficient (Wildman–Crippen LogP) is 1.11. The third-order valence-corrected chi connectivity index (χ3v) is 3.59. The number of hydrogen-bond donors (Lipinski definition) is 4. The fourth-order valence-electron chi connectivity index (χ4n) is 2.43. The SMILES string of the molecule is Cc1ccccc1C(CC(=O)NCCNc1cnccn1)NC(N)=O. The molecule has 0 aliphatic heterocycles. The molecule has 0 aliphatic carbocycles. The summed E-state index contributed by atoms with van der Waals surface area (Å²) in [5, 5.41) is 8.48. The van der Waals surface area contributed by atoms with Crippen LogP contribution in [0, 0.1) is 6.92 Å². The topological polar surface area (TPSA) is 122 Å². The average molecular weight is 342 g/mol. The van der Waals surface area contributed by atoms with E-state index in [1.54, 1.807) is 18.6 Å². The van der Waals surface area contributed by atoms with Crippen molar-refractivity contribution in [3.63, 3.8) is 0 Å². The van der Waals surface area contributed by atoms with E-state index in [1.165, 1.54) is 0 Å². The number of hydrogen-bond acceptors (Lipinski definition) is 5. The van der Waals surface area contributed by atoms with E-state index in [1.807, 2.05) is 31.2 Å². The molecule has 5 N–H and O–H groups in total. The number of aryl methyl sites for hydroxylation is 1. The van der Waals surface area contributed by atoms with Crippen molar-refractivity contribution in [2.24, 2.45) is 5.73 Å². The molecular weight excluding hydrogens is 320 g/mol. The van der Waals surface area contributed by atoms with Gasteiger partial charge in [-0.2, -0.15) is 0 Å². The minimum Gasteiger partial charge on any atom is -0.367 e. The first-order chi connectivity index (χ1) is 12.1. The Hall–Kier alpha value is -3.16. The summed E-state index contributed by atoms with van der Waals surface area (Å²) in [4.78, 5) is 31.4. The highest BCUT2D eigenvalue weighted by atomic mass is 16.2. The maximum Gasteiger partial charge on any atom is 0.312 e. The zero-order chi connectivity index (χ0) is 18.1. The number of benzene rings is 1. The molecule has 1 aromatic heterocycles. The molecule has 0 saturated heterocycles. The van der Waals surface area contributed by atoms with Crippen LogP contribution in [0.4, 0.5) is 10.6 Å². The van der Waals surface area contributed by atoms with Gasteiger partial charge in [-0.25, -0.2) is 9.78 Å². The maximum atomic E-state index is 12.2. The van der Waals surface area contributed by atoms with Gasteiger partial charge in [-0.05, 0) is 18.1 Å². The molecule has 0 fully saturated rings. The summed E-state index contributed by atoms with van der Waals surface area (Å²) in [7, 11) is 0. The summed E-state index contributed by atoms with van der Waals surface area (Å²) in [5.74, 6) is 0.466. The van der Waals surface area contributed by atoms with E-state index >= 15 is 0 Å². The lowest BCUT2D eigenvalue weighted by Crippen LogP contribution is -2.37. The fourth-order valence-corrected chi connectivity index (χ4v) is 2.43. The number of aromatic nitrogens is 2. The smallest absolute Gasteiger partial charge is 0.312 e. The van der Waals surface area contributed by atoms with Crippen molar-refractivity contribution in [1.29, 1.82) is 0 Å². The Morgan fingerprint density at radius 3 is 2.68 bits per heavy atom. The zero-order valence-corrected chi connectivity index (χ0v) is 14.0. The number of carbonyl (C=O) groups excluding carboxylic acids is 2. The van der Waals surface area contributed by atoms with Crippen LogP contribution >= 0.6 is 0 Å². The molecule has 0 spiro atoms. The number of urea groups is 1. The fraction of sp³-hybridized carbons (Fsp3) is 0.294. The number of primary amides is 1. The minimum absolute atomic E-state index is 0.110. The Morgan fingerprint density at radius 2 is 2.00 bits per heavy atom. The van der Waals surface area contributed by atoms with Crippen LogP contribution in [0.5, 0.6) is 0 Å². The first-order valence-corrected chi connectivity index (χ1v) is 7.94. The molecule has 0 radical (unpaired) electrons. The lowest BCUT2D eigenvalue weighted by atomic mass is 9.98. The van der Waals surface area contributed by atoms with Gasteiger partial charge < -0.3 is 21.7 Å². The second-order valence-electron chi connectivity index (χ2n) is 5.49. The zero-order valence-electron chi connectivity index (χ0n) is 14.0. The normalized spacial score (nSPS) is 11.4. The second kappa shape index (κ2) is 9.21. The molecule has 8 nitrogen and oxygen atoms in total. The van der Waals surface area contributed by atoms with E-state index in [0.29, 0.717) is 18.9 Å². The number of nitrogens with two attached hydrogens (primary N) is 1. The van der Waals surface area contributed by atoms with E-state index in [0.717, 1.165) is 11.1 Å². The summed E-state index contributed by atoms with van der Waals surface area (Å²) < 4.78 is 0. The molecule has 3 amide bonds. The molecule has 1 heterocycles. The van der Waals surface area contributed by atoms with Crippen LogP contribution in [-0.4, -0.2) is 35.0 Å². The maximum absolute atomic E-state index is 12.2. The van der Waals surface area contributed by atoms with Crippen LogP contribution in [-0.2, 0) is 4.79 Å². The second-order valence-corrected chi connectivity index (χ2v) is 5.49. The molecule has 0 aliphatic rings. The molecule has 132 valence electrons. The van der Waals surface area contributed by atoms with Crippen molar-refractivity contribution in [1.82, 2.24) is 20.6 Å². The van der Waals surface area contributed by atoms with Gasteiger partial charge in [-0.1, -0.05) is 24.3 Å². The molecule has 1 aromatic carbocycles. The summed E-state index contributed by atoms with van der Waals surface area (Å²) in [6, 6.07) is 6.43. The van der Waals surface area contributed by atoms with Crippen molar-refractivity contribution in [2.75, 3.05) is 18.4 Å². The highest BCUT2D eigenvalue weighted by molar-refractivity contribution is 5.78. The Morgan fingerprint density at radius 1 is 1.20 bits per heavy atom. The van der Waals surface area contributed by atoms with Gasteiger partial charge in [0.25, 0.3) is 0 Å². The molecule has 2 aromatic rings. The standard InChI is InChI=1S/C17H22N6O2/c1-12-4-2-3-5-13(12)14(23-17(18)25)10-16(24)22-9-8-21-15-11-19-6-7-20-15/h2-7,11,14H,8-10H2,1H3,(H,20,21)(H,22,24)(H3,18,23,25). The van der Waals surface area contributed by atoms with Crippen LogP contribution in [0.2, 0.25) is 0 Å². The van der Waals surface area contributed by atoms with Gasteiger partial charge in [0.15, 0.2) is 0 Å². The number of amides is 3. The van der Waals surface area contributed by atoms with Gasteiger partial charge in [0.1, 0.15) is 5.82 Å². The average Bonchev–Trinajstić information content (AvgIpc) is 2.59. The van der Waals surface area contributed by atoms with Crippen molar-refractivity contribution in [3.8, 4) is 0 Å². The minimum atomic E-state index is -0.662. The van der Waals surface area contributed by atoms with E-state index < -0.39 is 12.1 Å². The van der Waals surface area contributed by atoms with Crippen LogP contribution < -0.4 is 21.7 Å². The van der Waals surface area contributed by atoms with Crippen LogP contribution in [0.25, 0.3) is 0 Å². The van der Waals surface area contributed by atoms with Gasteiger partial charge >= 0.3 is 6.03 Å². The monoisotopic (exact) mass is 342 g/mol. The summed E-state index contributed by atoms with van der Waals surface area (Å²) in [6.45, 7) is 2.86. The van der Waals surface area contributed by atoms with E-state index in [-0.39, 0.29) is 12.3 Å². The largest absolute Gasteiger partial charge is 0.367 e. The Balaban J connectivity index is 1.85. The van der Waals surface area contributed by atoms with Gasteiger partial charge in [0.05, 0.1) is 18.7 Å². The molecule has 25 heavy (non-hydrogen) atoms. The molecule has 2 rings (SSSR count). The number of carbonyl (C=O) groups is 2. The van der Waals surface area contributed by atoms with Gasteiger partial charge in [-0.15, -0.1) is 0 Å². The number of nitrogens with zero attached hydrogens (tertiary/aromatic N) is 2. The Labute approximate surface area is 146 Å². The van der Waals surface area contributed by atoms with Crippen LogP contribution in [0.1, 0.15) is 23.6 Å². The third kappa shape index (κ3) is 6.09. The summed E-state index contributed by atoms with van der Waals surface area (Å²) >= 11 is 0. The van der Waals surface area contributed by atoms with Crippen molar-refractivity contribution in [3.05, 3.63) is 54.0 Å². The molecule has 0 saturated carbocycles. The highest BCUT2D eigenvalue weighted by Gasteiger charge is 2.18. The lowest BCUT2D eigenvalue weighted by molar-refractivity contribution is -0.121. The number of rotatable bonds is 8. The van der Waals surface area contributed by atoms with E-state index in [2.05, 4.69) is 25.9 Å². The van der Waals surface area contributed by atoms with E-state index in [9.17, 15) is 9.59 Å². The van der Waals surface area contributed by atoms with Crippen LogP contribution in [0.15, 0.2) is 42.9 Å². The van der Waals surface area contributed by atoms with Gasteiger partial charge in [0.2, 0.25) is 5.91 Å². The van der Waals surface area contributed by atoms with Crippen molar-refractivity contribution in [2.45, 2.75) is 19.4 Å². The molecule has 0 bridgehead atoms. The van der Waals surface area contributed by atoms with Crippen molar-refractivity contribution < 1.29 is 9.59 Å². The molecule has 8 heteroatoms. The Kier molecular flexibility index (Phi) is 6.70. The molecular formula is C17H22N6O2. The van der Waals surface area contributed by atoms with Gasteiger partial charge in [-0.3, -0.25) is 9.78 Å². The molecule has 1 unspecified atom stereocenters. The van der Waals surface area contributed by atoms with Crippen molar-refractivity contribution >= 4 is 17.8 Å². The first kappa shape index (κ1) is 18.2. The quantitative estimate of drug-likeness (QED) is 0.535.